The maximum Gasteiger partial charge on any atom is 0.277 e. The van der Waals surface area contributed by atoms with E-state index in [2.05, 4.69) is 5.32 Å². The Bertz CT molecular complexity index is 795. The molecular formula is C18H28FN4O4S+. The largest absolute Gasteiger partial charge is 0.351 e. The summed E-state index contributed by atoms with van der Waals surface area (Å²) < 4.78 is 39.8. The Morgan fingerprint density at radius 2 is 1.86 bits per heavy atom. The first-order valence-corrected chi connectivity index (χ1v) is 10.8. The Morgan fingerprint density at radius 1 is 1.18 bits per heavy atom. The van der Waals surface area contributed by atoms with Crippen molar-refractivity contribution in [1.82, 2.24) is 14.5 Å². The molecule has 0 aliphatic carbocycles. The van der Waals surface area contributed by atoms with E-state index in [4.69, 9.17) is 0 Å². The van der Waals surface area contributed by atoms with Gasteiger partial charge in [-0.05, 0) is 24.6 Å². The van der Waals surface area contributed by atoms with Crippen LogP contribution in [-0.4, -0.2) is 82.3 Å². The normalized spacial score (nSPS) is 16.6. The van der Waals surface area contributed by atoms with Gasteiger partial charge in [-0.2, -0.15) is 4.31 Å². The minimum atomic E-state index is -3.78. The number of likely N-dealkylation sites (N-methyl/N-ethyl adjacent to an activating group) is 1. The van der Waals surface area contributed by atoms with Gasteiger partial charge in [0.05, 0.1) is 11.9 Å². The number of amides is 2. The number of sulfonamides is 1. The highest BCUT2D eigenvalue weighted by molar-refractivity contribution is 7.89. The zero-order valence-corrected chi connectivity index (χ0v) is 17.1. The molecule has 2 N–H and O–H groups in total. The quantitative estimate of drug-likeness (QED) is 0.552. The minimum absolute atomic E-state index is 0.0884. The molecule has 1 unspecified atom stereocenters. The molecule has 1 heterocycles. The topological polar surface area (TPSA) is 91.2 Å². The Labute approximate surface area is 165 Å². The second-order valence-electron chi connectivity index (χ2n) is 6.90. The van der Waals surface area contributed by atoms with E-state index in [1.54, 1.807) is 11.9 Å². The molecule has 1 aliphatic rings. The van der Waals surface area contributed by atoms with Gasteiger partial charge in [-0.1, -0.05) is 13.0 Å². The minimum Gasteiger partial charge on any atom is -0.351 e. The lowest BCUT2D eigenvalue weighted by atomic mass is 10.3. The molecule has 0 bridgehead atoms. The second kappa shape index (κ2) is 9.94. The van der Waals surface area contributed by atoms with Gasteiger partial charge in [0.2, 0.25) is 10.0 Å². The molecule has 0 aromatic heterocycles. The van der Waals surface area contributed by atoms with Crippen molar-refractivity contribution in [2.75, 3.05) is 52.9 Å². The number of nitrogens with one attached hydrogen (secondary N) is 2. The second-order valence-corrected chi connectivity index (χ2v) is 8.84. The van der Waals surface area contributed by atoms with Gasteiger partial charge < -0.3 is 15.1 Å². The van der Waals surface area contributed by atoms with Crippen molar-refractivity contribution < 1.29 is 27.3 Å². The third-order valence-corrected chi connectivity index (χ3v) is 6.41. The number of halogens is 1. The lowest BCUT2D eigenvalue weighted by molar-refractivity contribution is -0.863. The van der Waals surface area contributed by atoms with Crippen molar-refractivity contribution in [3.8, 4) is 0 Å². The highest BCUT2D eigenvalue weighted by Gasteiger charge is 2.31. The van der Waals surface area contributed by atoms with Gasteiger partial charge in [0.1, 0.15) is 5.82 Å². The summed E-state index contributed by atoms with van der Waals surface area (Å²) in [5.74, 6) is -0.828. The standard InChI is InChI=1S/C18H27FN4O4S/c1-3-7-20-17(24)13-21(2)14-18(25)22-8-10-23(11-9-22)28(26,27)16-6-4-5-15(19)12-16/h4-6,12H,3,7-11,13-14H2,1-2H3,(H,20,24)/p+1. The summed E-state index contributed by atoms with van der Waals surface area (Å²) >= 11 is 0. The fourth-order valence-corrected chi connectivity index (χ4v) is 4.44. The summed E-state index contributed by atoms with van der Waals surface area (Å²) in [5, 5.41) is 2.77. The number of rotatable bonds is 8. The van der Waals surface area contributed by atoms with Crippen LogP contribution in [0.4, 0.5) is 4.39 Å². The molecule has 1 aliphatic heterocycles. The molecule has 0 saturated carbocycles. The SMILES string of the molecule is CCCNC(=O)C[NH+](C)CC(=O)N1CCN(S(=O)(=O)c2cccc(F)c2)CC1. The fraction of sp³-hybridized carbons (Fsp3) is 0.556. The van der Waals surface area contributed by atoms with Crippen LogP contribution in [0.3, 0.4) is 0 Å². The predicted octanol–water partition coefficient (Wildman–Crippen LogP) is -1.30. The van der Waals surface area contributed by atoms with E-state index in [0.717, 1.165) is 17.4 Å². The van der Waals surface area contributed by atoms with E-state index < -0.39 is 15.8 Å². The zero-order valence-electron chi connectivity index (χ0n) is 16.3. The molecule has 0 radical (unpaired) electrons. The van der Waals surface area contributed by atoms with Crippen LogP contribution in [0, 0.1) is 5.82 Å². The highest BCUT2D eigenvalue weighted by atomic mass is 32.2. The van der Waals surface area contributed by atoms with E-state index in [0.29, 0.717) is 6.54 Å². The third kappa shape index (κ3) is 5.98. The number of nitrogens with zero attached hydrogens (tertiary/aromatic N) is 2. The molecule has 10 heteroatoms. The number of carbonyl (C=O) groups is 2. The van der Waals surface area contributed by atoms with E-state index in [1.165, 1.54) is 22.5 Å². The molecule has 2 amide bonds. The van der Waals surface area contributed by atoms with Crippen molar-refractivity contribution >= 4 is 21.8 Å². The van der Waals surface area contributed by atoms with E-state index in [1.807, 2.05) is 6.92 Å². The summed E-state index contributed by atoms with van der Waals surface area (Å²) in [6.45, 7) is 3.79. The average Bonchev–Trinajstić information content (AvgIpc) is 2.66. The molecule has 2 rings (SSSR count). The molecular weight excluding hydrogens is 387 g/mol. The van der Waals surface area contributed by atoms with Crippen LogP contribution in [0.15, 0.2) is 29.2 Å². The van der Waals surface area contributed by atoms with Crippen LogP contribution < -0.4 is 10.2 Å². The van der Waals surface area contributed by atoms with Crippen LogP contribution in [-0.2, 0) is 19.6 Å². The van der Waals surface area contributed by atoms with Crippen molar-refractivity contribution in [2.45, 2.75) is 18.2 Å². The Kier molecular flexibility index (Phi) is 7.90. The first-order valence-electron chi connectivity index (χ1n) is 9.35. The zero-order chi connectivity index (χ0) is 20.7. The van der Waals surface area contributed by atoms with Gasteiger partial charge in [0, 0.05) is 32.7 Å². The number of hydrogen-bond acceptors (Lipinski definition) is 4. The van der Waals surface area contributed by atoms with Gasteiger partial charge in [-0.25, -0.2) is 12.8 Å². The summed E-state index contributed by atoms with van der Waals surface area (Å²) in [5.41, 5.74) is 0. The lowest BCUT2D eigenvalue weighted by Crippen LogP contribution is -3.11. The maximum atomic E-state index is 13.3. The average molecular weight is 416 g/mol. The molecule has 1 aromatic carbocycles. The van der Waals surface area contributed by atoms with Gasteiger partial charge in [-0.15, -0.1) is 0 Å². The first-order chi connectivity index (χ1) is 13.2. The van der Waals surface area contributed by atoms with Gasteiger partial charge in [0.15, 0.2) is 13.1 Å². The number of benzene rings is 1. The molecule has 1 aromatic rings. The predicted molar refractivity (Wildman–Crippen MR) is 102 cm³/mol. The maximum absolute atomic E-state index is 13.3. The van der Waals surface area contributed by atoms with E-state index in [-0.39, 0.29) is 56.0 Å². The van der Waals surface area contributed by atoms with Crippen LogP contribution in [0.5, 0.6) is 0 Å². The van der Waals surface area contributed by atoms with Crippen molar-refractivity contribution in [3.05, 3.63) is 30.1 Å². The number of carbonyl (C=O) groups excluding carboxylic acids is 2. The highest BCUT2D eigenvalue weighted by Crippen LogP contribution is 2.18. The molecule has 156 valence electrons. The number of hydrogen-bond donors (Lipinski definition) is 2. The van der Waals surface area contributed by atoms with Crippen LogP contribution >= 0.6 is 0 Å². The molecule has 8 nitrogen and oxygen atoms in total. The van der Waals surface area contributed by atoms with Crippen molar-refractivity contribution in [1.29, 1.82) is 0 Å². The smallest absolute Gasteiger partial charge is 0.277 e. The van der Waals surface area contributed by atoms with Crippen molar-refractivity contribution in [2.24, 2.45) is 0 Å². The van der Waals surface area contributed by atoms with Gasteiger partial charge in [-0.3, -0.25) is 9.59 Å². The Morgan fingerprint density at radius 3 is 2.46 bits per heavy atom. The van der Waals surface area contributed by atoms with Crippen LogP contribution in [0.1, 0.15) is 13.3 Å². The summed E-state index contributed by atoms with van der Waals surface area (Å²) in [6, 6.07) is 4.90. The first kappa shape index (κ1) is 22.3. The monoisotopic (exact) mass is 415 g/mol. The molecule has 0 spiro atoms. The lowest BCUT2D eigenvalue weighted by Gasteiger charge is -2.34. The van der Waals surface area contributed by atoms with E-state index >= 15 is 0 Å². The molecule has 28 heavy (non-hydrogen) atoms. The van der Waals surface area contributed by atoms with Gasteiger partial charge >= 0.3 is 0 Å². The Hall–Kier alpha value is -2.04. The number of quaternary nitrogens is 1. The fourth-order valence-electron chi connectivity index (χ4n) is 2.99. The van der Waals surface area contributed by atoms with Crippen molar-refractivity contribution in [3.63, 3.8) is 0 Å². The van der Waals surface area contributed by atoms with Crippen LogP contribution in [0.2, 0.25) is 0 Å². The van der Waals surface area contributed by atoms with Crippen LogP contribution in [0.25, 0.3) is 0 Å². The summed E-state index contributed by atoms with van der Waals surface area (Å²) in [6.07, 6.45) is 0.854. The molecule has 1 atom stereocenters. The number of piperazine rings is 1. The van der Waals surface area contributed by atoms with E-state index in [9.17, 15) is 22.4 Å². The molecule has 1 saturated heterocycles. The Balaban J connectivity index is 1.86. The summed E-state index contributed by atoms with van der Waals surface area (Å²) in [7, 11) is -2.01. The summed E-state index contributed by atoms with van der Waals surface area (Å²) in [4.78, 5) is 26.4. The third-order valence-electron chi connectivity index (χ3n) is 4.51. The van der Waals surface area contributed by atoms with Gasteiger partial charge in [0.25, 0.3) is 11.8 Å². The molecule has 1 fully saturated rings.